The number of imidazole rings is 1. The molecule has 5 N–H and O–H groups in total. The Morgan fingerprint density at radius 1 is 0.914 bits per heavy atom. The predicted octanol–water partition coefficient (Wildman–Crippen LogP) is 2.42. The van der Waals surface area contributed by atoms with Crippen LogP contribution in [-0.2, 0) is 51.3 Å². The molecular formula is C42H61N7O9. The number of carbonyl (C=O) groups excluding carboxylic acids is 7. The Morgan fingerprint density at radius 3 is 2.31 bits per heavy atom. The highest BCUT2D eigenvalue weighted by Crippen LogP contribution is 2.29. The van der Waals surface area contributed by atoms with E-state index in [0.29, 0.717) is 50.0 Å². The number of amides is 5. The maximum absolute atomic E-state index is 14.3. The summed E-state index contributed by atoms with van der Waals surface area (Å²) < 4.78 is 7.35. The second-order valence-electron chi connectivity index (χ2n) is 16.2. The Hall–Kier alpha value is -5.12. The smallest absolute Gasteiger partial charge is 0.333 e. The van der Waals surface area contributed by atoms with Gasteiger partial charge in [-0.1, -0.05) is 62.9 Å². The van der Waals surface area contributed by atoms with Crippen LogP contribution in [0.1, 0.15) is 116 Å². The molecule has 1 saturated carbocycles. The van der Waals surface area contributed by atoms with Gasteiger partial charge in [0.1, 0.15) is 17.7 Å². The summed E-state index contributed by atoms with van der Waals surface area (Å²) in [5.41, 5.74) is 0.209. The number of nitrogens with one attached hydrogen (secondary N) is 4. The topological polar surface area (TPSA) is 218 Å². The highest BCUT2D eigenvalue weighted by Gasteiger charge is 2.42. The summed E-state index contributed by atoms with van der Waals surface area (Å²) in [7, 11) is 0. The fourth-order valence-corrected chi connectivity index (χ4v) is 7.47. The monoisotopic (exact) mass is 807 g/mol. The molecule has 2 fully saturated rings. The van der Waals surface area contributed by atoms with Gasteiger partial charge in [-0.25, -0.2) is 9.78 Å². The molecular weight excluding hydrogens is 747 g/mol. The number of likely N-dealkylation sites (tertiary alicyclic amines) is 1. The maximum Gasteiger partial charge on any atom is 0.333 e. The van der Waals surface area contributed by atoms with Crippen molar-refractivity contribution in [2.45, 2.75) is 141 Å². The molecule has 58 heavy (non-hydrogen) atoms. The van der Waals surface area contributed by atoms with Gasteiger partial charge in [-0.05, 0) is 77.2 Å². The highest BCUT2D eigenvalue weighted by atomic mass is 16.6. The van der Waals surface area contributed by atoms with Gasteiger partial charge >= 0.3 is 5.97 Å². The lowest BCUT2D eigenvalue weighted by Gasteiger charge is -2.35. The van der Waals surface area contributed by atoms with Crippen molar-refractivity contribution >= 4 is 41.3 Å². The van der Waals surface area contributed by atoms with E-state index in [0.717, 1.165) is 38.5 Å². The Bertz CT molecular complexity index is 1720. The van der Waals surface area contributed by atoms with Crippen molar-refractivity contribution in [2.24, 2.45) is 5.92 Å². The summed E-state index contributed by atoms with van der Waals surface area (Å²) in [5, 5.41) is 19.6. The lowest BCUT2D eigenvalue weighted by Crippen LogP contribution is -2.58. The van der Waals surface area contributed by atoms with Crippen molar-refractivity contribution in [1.82, 2.24) is 35.7 Å². The Kier molecular flexibility index (Phi) is 17.4. The summed E-state index contributed by atoms with van der Waals surface area (Å²) in [6.45, 7) is 7.34. The molecule has 1 saturated heterocycles. The Balaban J connectivity index is 1.37. The fraction of sp³-hybridized carbons (Fsp3) is 0.619. The molecule has 5 amide bonds. The van der Waals surface area contributed by atoms with Crippen molar-refractivity contribution in [1.29, 1.82) is 0 Å². The lowest BCUT2D eigenvalue weighted by molar-refractivity contribution is -0.158. The van der Waals surface area contributed by atoms with Crippen molar-refractivity contribution in [3.63, 3.8) is 0 Å². The maximum atomic E-state index is 14.3. The van der Waals surface area contributed by atoms with Crippen LogP contribution in [0.4, 0.5) is 0 Å². The average Bonchev–Trinajstić information content (AvgIpc) is 3.87. The third-order valence-electron chi connectivity index (χ3n) is 10.3. The van der Waals surface area contributed by atoms with Crippen molar-refractivity contribution < 1.29 is 43.4 Å². The van der Waals surface area contributed by atoms with Gasteiger partial charge in [-0.3, -0.25) is 28.8 Å². The third-order valence-corrected chi connectivity index (χ3v) is 10.3. The second-order valence-corrected chi connectivity index (χ2v) is 16.2. The number of hydrogen-bond acceptors (Lipinski definition) is 10. The molecule has 0 bridgehead atoms. The molecule has 0 radical (unpaired) electrons. The van der Waals surface area contributed by atoms with Crippen molar-refractivity contribution in [3.8, 4) is 0 Å². The minimum atomic E-state index is -1.21. The minimum Gasteiger partial charge on any atom is -0.458 e. The normalized spacial score (nSPS) is 17.4. The molecule has 318 valence electrons. The SMILES string of the molecule is CCCC(NC(=O)[C@@H]1CCCN1C(=O)[C@@H](NC(=O)Cc1cn(CCCCO)cn1)C1CCCCC1)C(=O)C(=O)NCC(=O)N[C@H](C(=O)OC(C)(C)C)c1ccccc1. The van der Waals surface area contributed by atoms with Gasteiger partial charge in [0.05, 0.1) is 31.0 Å². The van der Waals surface area contributed by atoms with Crippen LogP contribution in [0.2, 0.25) is 0 Å². The number of aliphatic hydroxyl groups excluding tert-OH is 1. The van der Waals surface area contributed by atoms with Crippen LogP contribution in [-0.4, -0.2) is 104 Å². The molecule has 1 aromatic heterocycles. The first kappa shape index (κ1) is 45.6. The van der Waals surface area contributed by atoms with Crippen molar-refractivity contribution in [3.05, 3.63) is 54.1 Å². The number of ketones is 1. The molecule has 0 spiro atoms. The van der Waals surface area contributed by atoms with E-state index < -0.39 is 65.8 Å². The molecule has 2 aliphatic rings. The van der Waals surface area contributed by atoms with E-state index in [2.05, 4.69) is 26.3 Å². The summed E-state index contributed by atoms with van der Waals surface area (Å²) in [6, 6.07) is 4.36. The van der Waals surface area contributed by atoms with Crippen LogP contribution >= 0.6 is 0 Å². The quantitative estimate of drug-likeness (QED) is 0.0748. The number of benzene rings is 1. The van der Waals surface area contributed by atoms with Gasteiger partial charge in [-0.2, -0.15) is 0 Å². The highest BCUT2D eigenvalue weighted by molar-refractivity contribution is 6.38. The summed E-state index contributed by atoms with van der Waals surface area (Å²) in [4.78, 5) is 99.7. The molecule has 1 unspecified atom stereocenters. The number of unbranched alkanes of at least 4 members (excludes halogenated alkanes) is 1. The molecule has 1 aromatic carbocycles. The zero-order valence-electron chi connectivity index (χ0n) is 34.3. The van der Waals surface area contributed by atoms with Gasteiger partial charge < -0.3 is 40.6 Å². The predicted molar refractivity (Wildman–Crippen MR) is 214 cm³/mol. The molecule has 1 aliphatic carbocycles. The van der Waals surface area contributed by atoms with E-state index in [4.69, 9.17) is 9.84 Å². The van der Waals surface area contributed by atoms with E-state index in [1.165, 1.54) is 4.90 Å². The van der Waals surface area contributed by atoms with E-state index in [1.54, 1.807) is 70.6 Å². The lowest BCUT2D eigenvalue weighted by atomic mass is 9.83. The fourth-order valence-electron chi connectivity index (χ4n) is 7.47. The van der Waals surface area contributed by atoms with Crippen LogP contribution in [0.5, 0.6) is 0 Å². The average molecular weight is 808 g/mol. The molecule has 4 atom stereocenters. The summed E-state index contributed by atoms with van der Waals surface area (Å²) >= 11 is 0. The molecule has 1 aliphatic heterocycles. The number of aryl methyl sites for hydroxylation is 1. The zero-order valence-corrected chi connectivity index (χ0v) is 34.3. The number of nitrogens with zero attached hydrogens (tertiary/aromatic N) is 3. The van der Waals surface area contributed by atoms with Crippen LogP contribution in [0.25, 0.3) is 0 Å². The zero-order chi connectivity index (χ0) is 42.2. The van der Waals surface area contributed by atoms with Crippen LogP contribution in [0.15, 0.2) is 42.9 Å². The number of ether oxygens (including phenoxy) is 1. The van der Waals surface area contributed by atoms with Gasteiger partial charge in [0.15, 0.2) is 6.04 Å². The van der Waals surface area contributed by atoms with Crippen LogP contribution < -0.4 is 21.3 Å². The first-order valence-electron chi connectivity index (χ1n) is 20.6. The first-order chi connectivity index (χ1) is 27.7. The minimum absolute atomic E-state index is 0.0186. The molecule has 2 aromatic rings. The van der Waals surface area contributed by atoms with Gasteiger partial charge in [0.25, 0.3) is 5.91 Å². The molecule has 16 nitrogen and oxygen atoms in total. The standard InChI is InChI=1S/C42H61N7O9/c1-5-15-31(37(53)39(55)43-25-34(52)47-36(29-18-10-7-11-19-29)41(57)58-42(2,3)4)45-38(54)32-20-14-22-49(32)40(56)35(28-16-8-6-9-17-28)46-33(51)24-30-26-48(27-44-30)21-12-13-23-50/h7,10-11,18-19,26-28,31-32,35-36,50H,5-6,8-9,12-17,20-25H2,1-4H3,(H,43,55)(H,45,54)(H,46,51)(H,47,52)/t31?,32-,35-,36-/m0/s1. The number of Topliss-reactive ketones (excluding diaryl/α,β-unsaturated/α-hetero) is 1. The van der Waals surface area contributed by atoms with Crippen LogP contribution in [0.3, 0.4) is 0 Å². The first-order valence-corrected chi connectivity index (χ1v) is 20.6. The van der Waals surface area contributed by atoms with E-state index in [1.807, 2.05) is 4.57 Å². The van der Waals surface area contributed by atoms with E-state index >= 15 is 0 Å². The van der Waals surface area contributed by atoms with Crippen molar-refractivity contribution in [2.75, 3.05) is 19.7 Å². The van der Waals surface area contributed by atoms with E-state index in [9.17, 15) is 33.6 Å². The number of rotatable bonds is 20. The van der Waals surface area contributed by atoms with Gasteiger partial charge in [0.2, 0.25) is 29.4 Å². The number of aromatic nitrogens is 2. The number of esters is 1. The Morgan fingerprint density at radius 2 is 1.64 bits per heavy atom. The largest absolute Gasteiger partial charge is 0.458 e. The summed E-state index contributed by atoms with van der Waals surface area (Å²) in [6.07, 6.45) is 10.7. The summed E-state index contributed by atoms with van der Waals surface area (Å²) in [5.74, 6) is -4.85. The second kappa shape index (κ2) is 22.1. The number of carbonyl (C=O) groups is 7. The third kappa shape index (κ3) is 13.8. The van der Waals surface area contributed by atoms with Gasteiger partial charge in [-0.15, -0.1) is 0 Å². The molecule has 4 rings (SSSR count). The molecule has 16 heteroatoms. The Labute approximate surface area is 340 Å². The number of hydrogen-bond donors (Lipinski definition) is 5. The van der Waals surface area contributed by atoms with E-state index in [-0.39, 0.29) is 37.2 Å². The van der Waals surface area contributed by atoms with Crippen LogP contribution in [0, 0.1) is 5.92 Å². The van der Waals surface area contributed by atoms with Gasteiger partial charge in [0, 0.05) is 25.9 Å². The molecule has 2 heterocycles. The number of aliphatic hydroxyl groups is 1.